The summed E-state index contributed by atoms with van der Waals surface area (Å²) in [5.74, 6) is -4.65. The van der Waals surface area contributed by atoms with Crippen molar-refractivity contribution in [3.63, 3.8) is 0 Å². The number of likely N-dealkylation sites (N-methyl/N-ethyl adjacent to an activating group) is 1. The van der Waals surface area contributed by atoms with Gasteiger partial charge in [0.15, 0.2) is 12.1 Å². The van der Waals surface area contributed by atoms with Gasteiger partial charge in [-0.15, -0.1) is 0 Å². The lowest BCUT2D eigenvalue weighted by molar-refractivity contribution is -0.384. The maximum atomic E-state index is 14.1. The van der Waals surface area contributed by atoms with Crippen molar-refractivity contribution < 1.29 is 53.9 Å². The summed E-state index contributed by atoms with van der Waals surface area (Å²) in [5, 5.41) is 65.5. The molecular formula is C36H56N4O12. The Bertz CT molecular complexity index is 1450. The van der Waals surface area contributed by atoms with Gasteiger partial charge >= 0.3 is 5.97 Å². The van der Waals surface area contributed by atoms with Crippen molar-refractivity contribution in [2.24, 2.45) is 28.0 Å². The Kier molecular flexibility index (Phi) is 14.7. The van der Waals surface area contributed by atoms with Crippen molar-refractivity contribution in [3.05, 3.63) is 39.9 Å². The number of carbonyl (C=O) groups excluding carboxylic acids is 2. The van der Waals surface area contributed by atoms with E-state index in [4.69, 9.17) is 18.9 Å². The van der Waals surface area contributed by atoms with Gasteiger partial charge in [0.2, 0.25) is 0 Å². The number of hydrogen-bond donors (Lipinski definition) is 4. The summed E-state index contributed by atoms with van der Waals surface area (Å²) in [7, 11) is 5.07. The van der Waals surface area contributed by atoms with Gasteiger partial charge in [0.25, 0.3) is 5.69 Å². The standard InChI is InChI=1S/C36H56N4O12/c1-11-26-36(7,46)31(44)30(43)27(38-37-18-23-12-14-24(15-13-23)40(47)48)19(2)17-35(6,49-10)32(21(4)28(41)22(5)33(45)51-26)52-34-29(42)25(39(8)9)16-20(3)50-34/h12-15,18-22,25-26,29-32,34,42-44,46H,11,16-17H2,1-10H3/b37-18-,38-27-/t19-,20-,21+,22-,25+,26-,29-,30+,31-,32?,34+,35-,36-/m1/s1. The number of methoxy groups -OCH3 is 1. The number of nitro benzene ring substituents is 1. The van der Waals surface area contributed by atoms with E-state index >= 15 is 0 Å². The van der Waals surface area contributed by atoms with Gasteiger partial charge in [-0.05, 0) is 78.7 Å². The lowest BCUT2D eigenvalue weighted by Crippen LogP contribution is -2.60. The zero-order chi connectivity index (χ0) is 39.3. The molecule has 2 aliphatic rings. The first-order chi connectivity index (χ1) is 24.2. The number of ether oxygens (including phenoxy) is 4. The molecule has 52 heavy (non-hydrogen) atoms. The predicted molar refractivity (Wildman–Crippen MR) is 191 cm³/mol. The summed E-state index contributed by atoms with van der Waals surface area (Å²) in [4.78, 5) is 39.9. The average Bonchev–Trinajstić information content (AvgIpc) is 3.10. The molecule has 3 rings (SSSR count). The SMILES string of the molecule is CC[C@H]1OC(=O)[C@H](C)C(=O)[C@H](C)C(O[C@@H]2O[C@H](C)C[C@H](N(C)C)[C@H]2O)[C@](C)(OC)C[C@@H](C)/C(=N/N=C\c2ccc([N+](=O)[O-])cc2)[C@H](O)[C@@H](O)[C@]1(C)O. The van der Waals surface area contributed by atoms with E-state index in [-0.39, 0.29) is 36.4 Å². The smallest absolute Gasteiger partial charge is 0.316 e. The summed E-state index contributed by atoms with van der Waals surface area (Å²) in [5.41, 5.74) is -3.35. The molecule has 0 aliphatic carbocycles. The van der Waals surface area contributed by atoms with Crippen LogP contribution >= 0.6 is 0 Å². The molecule has 4 N–H and O–H groups in total. The summed E-state index contributed by atoms with van der Waals surface area (Å²) >= 11 is 0. The zero-order valence-electron chi connectivity index (χ0n) is 31.7. The molecule has 2 heterocycles. The molecule has 2 aliphatic heterocycles. The molecule has 0 spiro atoms. The van der Waals surface area contributed by atoms with Crippen LogP contribution in [0, 0.1) is 27.9 Å². The van der Waals surface area contributed by atoms with Crippen LogP contribution in [0.2, 0.25) is 0 Å². The van der Waals surface area contributed by atoms with E-state index in [1.54, 1.807) is 27.7 Å². The fraction of sp³-hybridized carbons (Fsp3) is 0.722. The third kappa shape index (κ3) is 9.65. The summed E-state index contributed by atoms with van der Waals surface area (Å²) in [6, 6.07) is 5.18. The minimum Gasteiger partial charge on any atom is -0.459 e. The van der Waals surface area contributed by atoms with Crippen molar-refractivity contribution in [2.45, 2.75) is 128 Å². The van der Waals surface area contributed by atoms with Crippen molar-refractivity contribution in [1.82, 2.24) is 4.90 Å². The molecule has 1 aromatic rings. The number of benzene rings is 1. The number of nitro groups is 1. The number of aliphatic hydroxyl groups excluding tert-OH is 3. The first-order valence-corrected chi connectivity index (χ1v) is 17.6. The van der Waals surface area contributed by atoms with E-state index < -0.39 is 82.4 Å². The number of non-ortho nitro benzene ring substituents is 1. The van der Waals surface area contributed by atoms with Gasteiger partial charge in [-0.2, -0.15) is 10.2 Å². The zero-order valence-corrected chi connectivity index (χ0v) is 31.7. The van der Waals surface area contributed by atoms with Gasteiger partial charge in [-0.25, -0.2) is 0 Å². The number of hydrogen-bond acceptors (Lipinski definition) is 15. The summed E-state index contributed by atoms with van der Waals surface area (Å²) in [6.07, 6.45) is -7.05. The lowest BCUT2D eigenvalue weighted by atomic mass is 9.75. The van der Waals surface area contributed by atoms with E-state index in [1.165, 1.54) is 51.4 Å². The van der Waals surface area contributed by atoms with Gasteiger partial charge in [0, 0.05) is 37.1 Å². The van der Waals surface area contributed by atoms with Crippen molar-refractivity contribution in [3.8, 4) is 0 Å². The minimum atomic E-state index is -2.21. The summed E-state index contributed by atoms with van der Waals surface area (Å²) < 4.78 is 24.3. The molecule has 0 bridgehead atoms. The topological polar surface area (TPSA) is 223 Å². The highest BCUT2D eigenvalue weighted by molar-refractivity contribution is 6.00. The number of Topliss-reactive ketones (excluding diaryl/α,β-unsaturated/α-hetero) is 1. The lowest BCUT2D eigenvalue weighted by Gasteiger charge is -2.47. The van der Waals surface area contributed by atoms with Crippen molar-refractivity contribution >= 4 is 29.4 Å². The fourth-order valence-electron chi connectivity index (χ4n) is 7.10. The molecular weight excluding hydrogens is 680 g/mol. The average molecular weight is 737 g/mol. The van der Waals surface area contributed by atoms with Crippen LogP contribution < -0.4 is 0 Å². The number of aliphatic hydroxyl groups is 4. The van der Waals surface area contributed by atoms with Crippen LogP contribution in [0.4, 0.5) is 5.69 Å². The molecule has 0 aromatic heterocycles. The second kappa shape index (κ2) is 17.7. The third-order valence-electron chi connectivity index (χ3n) is 10.5. The molecule has 16 heteroatoms. The van der Waals surface area contributed by atoms with Crippen LogP contribution in [0.5, 0.6) is 0 Å². The maximum absolute atomic E-state index is 14.1. The van der Waals surface area contributed by atoms with Gasteiger partial charge in [0.05, 0.1) is 34.7 Å². The van der Waals surface area contributed by atoms with E-state index in [0.29, 0.717) is 12.0 Å². The Morgan fingerprint density at radius 2 is 1.71 bits per heavy atom. The van der Waals surface area contributed by atoms with Crippen molar-refractivity contribution in [1.29, 1.82) is 0 Å². The second-order valence-electron chi connectivity index (χ2n) is 14.7. The van der Waals surface area contributed by atoms with E-state index in [1.807, 2.05) is 25.9 Å². The van der Waals surface area contributed by atoms with E-state index in [9.17, 15) is 40.1 Å². The molecule has 1 aromatic carbocycles. The Morgan fingerprint density at radius 1 is 1.10 bits per heavy atom. The first kappa shape index (κ1) is 43.2. The highest BCUT2D eigenvalue weighted by Crippen LogP contribution is 2.38. The molecule has 0 amide bonds. The Balaban J connectivity index is 2.18. The van der Waals surface area contributed by atoms with Crippen LogP contribution in [0.15, 0.2) is 34.5 Å². The molecule has 2 saturated heterocycles. The molecule has 16 nitrogen and oxygen atoms in total. The Labute approximate surface area is 304 Å². The highest BCUT2D eigenvalue weighted by atomic mass is 16.7. The van der Waals surface area contributed by atoms with Gasteiger partial charge in [-0.1, -0.05) is 20.8 Å². The summed E-state index contributed by atoms with van der Waals surface area (Å²) in [6.45, 7) is 11.0. The van der Waals surface area contributed by atoms with Crippen LogP contribution in [-0.2, 0) is 28.5 Å². The fourth-order valence-corrected chi connectivity index (χ4v) is 7.10. The Morgan fingerprint density at radius 3 is 2.25 bits per heavy atom. The van der Waals surface area contributed by atoms with Crippen LogP contribution in [0.1, 0.15) is 73.3 Å². The number of cyclic esters (lactones) is 1. The van der Waals surface area contributed by atoms with Gasteiger partial charge in [-0.3, -0.25) is 19.7 Å². The third-order valence-corrected chi connectivity index (χ3v) is 10.5. The second-order valence-corrected chi connectivity index (χ2v) is 14.7. The maximum Gasteiger partial charge on any atom is 0.316 e. The normalized spacial score (nSPS) is 39.4. The largest absolute Gasteiger partial charge is 0.459 e. The number of ketones is 1. The molecule has 0 saturated carbocycles. The predicted octanol–water partition coefficient (Wildman–Crippen LogP) is 2.26. The van der Waals surface area contributed by atoms with E-state index in [0.717, 1.165) is 0 Å². The minimum absolute atomic E-state index is 0.00485. The molecule has 13 atom stereocenters. The van der Waals surface area contributed by atoms with Crippen molar-refractivity contribution in [2.75, 3.05) is 21.2 Å². The number of carbonyl (C=O) groups is 2. The van der Waals surface area contributed by atoms with Crippen LogP contribution in [-0.4, -0.2) is 135 Å². The quantitative estimate of drug-likeness (QED) is 0.0990. The molecule has 2 fully saturated rings. The molecule has 1 unspecified atom stereocenters. The number of esters is 1. The Hall–Kier alpha value is -3.22. The first-order valence-electron chi connectivity index (χ1n) is 17.6. The number of rotatable bonds is 8. The number of nitrogens with zero attached hydrogens (tertiary/aromatic N) is 4. The molecule has 0 radical (unpaired) electrons. The molecule has 292 valence electrons. The van der Waals surface area contributed by atoms with Crippen LogP contribution in [0.25, 0.3) is 0 Å². The van der Waals surface area contributed by atoms with Gasteiger partial charge in [0.1, 0.15) is 35.9 Å². The highest BCUT2D eigenvalue weighted by Gasteiger charge is 2.52. The van der Waals surface area contributed by atoms with E-state index in [2.05, 4.69) is 10.2 Å². The van der Waals surface area contributed by atoms with Crippen LogP contribution in [0.3, 0.4) is 0 Å². The monoisotopic (exact) mass is 736 g/mol. The van der Waals surface area contributed by atoms with Gasteiger partial charge < -0.3 is 44.3 Å².